The smallest absolute Gasteiger partial charge is 0.326 e. The Bertz CT molecular complexity index is 288. The molecule has 0 aromatic rings. The molecule has 4 N–H and O–H groups in total. The summed E-state index contributed by atoms with van der Waals surface area (Å²) >= 11 is 0. The Morgan fingerprint density at radius 3 is 2.56 bits per heavy atom. The first-order chi connectivity index (χ1) is 8.52. The van der Waals surface area contributed by atoms with Gasteiger partial charge in [0.2, 0.25) is 5.91 Å². The Morgan fingerprint density at radius 1 is 1.44 bits per heavy atom. The number of carboxylic acids is 1. The van der Waals surface area contributed by atoms with Gasteiger partial charge in [0.15, 0.2) is 0 Å². The fourth-order valence-corrected chi connectivity index (χ4v) is 2.10. The number of nitrogens with zero attached hydrogens (tertiary/aromatic N) is 1. The molecule has 6 nitrogen and oxygen atoms in total. The number of piperidine rings is 1. The number of aliphatic carboxylic acids is 1. The molecule has 1 rings (SSSR count). The van der Waals surface area contributed by atoms with E-state index in [1.807, 2.05) is 11.8 Å². The second kappa shape index (κ2) is 7.33. The van der Waals surface area contributed by atoms with E-state index < -0.39 is 12.0 Å². The molecule has 0 bridgehead atoms. The second-order valence-corrected chi connectivity index (χ2v) is 4.86. The molecule has 0 aromatic carbocycles. The van der Waals surface area contributed by atoms with Crippen molar-refractivity contribution in [3.8, 4) is 0 Å². The minimum Gasteiger partial charge on any atom is -0.480 e. The fraction of sp³-hybridized carbons (Fsp3) is 0.833. The molecule has 1 heterocycles. The summed E-state index contributed by atoms with van der Waals surface area (Å²) in [6, 6.07) is -0.536. The maximum absolute atomic E-state index is 11.7. The molecule has 1 saturated heterocycles. The van der Waals surface area contributed by atoms with E-state index in [0.29, 0.717) is 6.42 Å². The molecule has 1 amide bonds. The van der Waals surface area contributed by atoms with Crippen LogP contribution in [0.3, 0.4) is 0 Å². The van der Waals surface area contributed by atoms with E-state index in [1.165, 1.54) is 0 Å². The zero-order valence-corrected chi connectivity index (χ0v) is 10.9. The fourth-order valence-electron chi connectivity index (χ4n) is 2.10. The van der Waals surface area contributed by atoms with Crippen LogP contribution in [0, 0.1) is 0 Å². The molecule has 1 aliphatic heterocycles. The minimum absolute atomic E-state index is 0.216. The lowest BCUT2D eigenvalue weighted by Gasteiger charge is -2.29. The highest BCUT2D eigenvalue weighted by molar-refractivity contribution is 5.84. The highest BCUT2D eigenvalue weighted by Gasteiger charge is 2.22. The van der Waals surface area contributed by atoms with Crippen LogP contribution < -0.4 is 11.1 Å². The highest BCUT2D eigenvalue weighted by Crippen LogP contribution is 2.07. The SMILES string of the molecule is CCCC(NC(=O)CN1CCC(N)CC1)C(=O)O. The second-order valence-electron chi connectivity index (χ2n) is 4.86. The molecule has 0 radical (unpaired) electrons. The van der Waals surface area contributed by atoms with Gasteiger partial charge < -0.3 is 16.2 Å². The Kier molecular flexibility index (Phi) is 6.07. The van der Waals surface area contributed by atoms with Crippen LogP contribution in [0.4, 0.5) is 0 Å². The molecule has 0 aromatic heterocycles. The molecule has 1 atom stereocenters. The van der Waals surface area contributed by atoms with Crippen molar-refractivity contribution in [2.75, 3.05) is 19.6 Å². The van der Waals surface area contributed by atoms with Gasteiger partial charge in [-0.1, -0.05) is 13.3 Å². The molecule has 18 heavy (non-hydrogen) atoms. The largest absolute Gasteiger partial charge is 0.480 e. The van der Waals surface area contributed by atoms with E-state index in [1.54, 1.807) is 0 Å². The van der Waals surface area contributed by atoms with Gasteiger partial charge in [-0.25, -0.2) is 4.79 Å². The number of hydrogen-bond donors (Lipinski definition) is 3. The lowest BCUT2D eigenvalue weighted by molar-refractivity contribution is -0.142. The summed E-state index contributed by atoms with van der Waals surface area (Å²) in [4.78, 5) is 24.7. The summed E-state index contributed by atoms with van der Waals surface area (Å²) in [5.74, 6) is -1.18. The maximum atomic E-state index is 11.7. The molecule has 6 heteroatoms. The van der Waals surface area contributed by atoms with Crippen LogP contribution in [0.15, 0.2) is 0 Å². The van der Waals surface area contributed by atoms with Crippen molar-refractivity contribution >= 4 is 11.9 Å². The van der Waals surface area contributed by atoms with Crippen LogP contribution in [0.25, 0.3) is 0 Å². The van der Waals surface area contributed by atoms with Crippen LogP contribution in [-0.4, -0.2) is 53.6 Å². The summed E-state index contributed by atoms with van der Waals surface area (Å²) in [6.07, 6.45) is 2.98. The first-order valence-corrected chi connectivity index (χ1v) is 6.53. The van der Waals surface area contributed by atoms with Crippen LogP contribution >= 0.6 is 0 Å². The third-order valence-corrected chi connectivity index (χ3v) is 3.21. The number of carboxylic acid groups (broad SMARTS) is 1. The molecule has 0 saturated carbocycles. The van der Waals surface area contributed by atoms with Crippen molar-refractivity contribution in [1.29, 1.82) is 0 Å². The average Bonchev–Trinajstić information content (AvgIpc) is 2.31. The number of hydrogen-bond acceptors (Lipinski definition) is 4. The van der Waals surface area contributed by atoms with E-state index in [9.17, 15) is 9.59 Å². The summed E-state index contributed by atoms with van der Waals surface area (Å²) in [5, 5.41) is 11.5. The number of nitrogens with two attached hydrogens (primary N) is 1. The Morgan fingerprint density at radius 2 is 2.06 bits per heavy atom. The van der Waals surface area contributed by atoms with Gasteiger partial charge in [-0.15, -0.1) is 0 Å². The van der Waals surface area contributed by atoms with Crippen molar-refractivity contribution in [2.45, 2.75) is 44.7 Å². The zero-order valence-electron chi connectivity index (χ0n) is 10.9. The topological polar surface area (TPSA) is 95.7 Å². The molecule has 0 spiro atoms. The number of nitrogens with one attached hydrogen (secondary N) is 1. The molecule has 1 unspecified atom stereocenters. The summed E-state index contributed by atoms with van der Waals surface area (Å²) in [5.41, 5.74) is 5.78. The monoisotopic (exact) mass is 257 g/mol. The third kappa shape index (κ3) is 5.01. The number of amides is 1. The Labute approximate surface area is 108 Å². The van der Waals surface area contributed by atoms with E-state index >= 15 is 0 Å². The van der Waals surface area contributed by atoms with Crippen molar-refractivity contribution in [3.05, 3.63) is 0 Å². The number of rotatable bonds is 6. The minimum atomic E-state index is -0.967. The third-order valence-electron chi connectivity index (χ3n) is 3.21. The summed E-state index contributed by atoms with van der Waals surface area (Å²) in [6.45, 7) is 3.77. The standard InChI is InChI=1S/C12H23N3O3/c1-2-3-10(12(17)18)14-11(16)8-15-6-4-9(13)5-7-15/h9-10H,2-8,13H2,1H3,(H,14,16)(H,17,18). The predicted molar refractivity (Wildman–Crippen MR) is 68.1 cm³/mol. The Hall–Kier alpha value is -1.14. The molecule has 104 valence electrons. The Balaban J connectivity index is 2.33. The van der Waals surface area contributed by atoms with Crippen molar-refractivity contribution in [3.63, 3.8) is 0 Å². The van der Waals surface area contributed by atoms with Gasteiger partial charge in [-0.05, 0) is 19.3 Å². The van der Waals surface area contributed by atoms with E-state index in [0.717, 1.165) is 32.4 Å². The van der Waals surface area contributed by atoms with Gasteiger partial charge >= 0.3 is 5.97 Å². The van der Waals surface area contributed by atoms with Crippen LogP contribution in [-0.2, 0) is 9.59 Å². The van der Waals surface area contributed by atoms with Gasteiger partial charge in [-0.2, -0.15) is 0 Å². The quantitative estimate of drug-likeness (QED) is 0.611. The lowest BCUT2D eigenvalue weighted by atomic mass is 10.1. The first-order valence-electron chi connectivity index (χ1n) is 6.53. The normalized spacial score (nSPS) is 19.4. The number of carbonyl (C=O) groups excluding carboxylic acids is 1. The van der Waals surface area contributed by atoms with Gasteiger partial charge in [0.1, 0.15) is 6.04 Å². The zero-order chi connectivity index (χ0) is 13.5. The lowest BCUT2D eigenvalue weighted by Crippen LogP contribution is -2.48. The summed E-state index contributed by atoms with van der Waals surface area (Å²) in [7, 11) is 0. The molecule has 1 fully saturated rings. The molecular weight excluding hydrogens is 234 g/mol. The predicted octanol–water partition coefficient (Wildman–Crippen LogP) is -0.221. The van der Waals surface area contributed by atoms with E-state index in [-0.39, 0.29) is 18.5 Å². The molecule has 0 aliphatic carbocycles. The van der Waals surface area contributed by atoms with E-state index in [2.05, 4.69) is 5.32 Å². The van der Waals surface area contributed by atoms with Crippen LogP contribution in [0.5, 0.6) is 0 Å². The van der Waals surface area contributed by atoms with E-state index in [4.69, 9.17) is 10.8 Å². The van der Waals surface area contributed by atoms with Gasteiger partial charge in [-0.3, -0.25) is 9.69 Å². The summed E-state index contributed by atoms with van der Waals surface area (Å²) < 4.78 is 0. The van der Waals surface area contributed by atoms with Crippen molar-refractivity contribution < 1.29 is 14.7 Å². The van der Waals surface area contributed by atoms with Crippen molar-refractivity contribution in [2.24, 2.45) is 5.73 Å². The highest BCUT2D eigenvalue weighted by atomic mass is 16.4. The number of likely N-dealkylation sites (tertiary alicyclic amines) is 1. The van der Waals surface area contributed by atoms with Gasteiger partial charge in [0.25, 0.3) is 0 Å². The maximum Gasteiger partial charge on any atom is 0.326 e. The van der Waals surface area contributed by atoms with Gasteiger partial charge in [0, 0.05) is 19.1 Å². The van der Waals surface area contributed by atoms with Crippen LogP contribution in [0.2, 0.25) is 0 Å². The first kappa shape index (κ1) is 14.9. The number of carbonyl (C=O) groups is 2. The molecule has 1 aliphatic rings. The average molecular weight is 257 g/mol. The molecular formula is C12H23N3O3. The van der Waals surface area contributed by atoms with Gasteiger partial charge in [0.05, 0.1) is 6.54 Å². The van der Waals surface area contributed by atoms with Crippen LogP contribution in [0.1, 0.15) is 32.6 Å². The van der Waals surface area contributed by atoms with Crippen molar-refractivity contribution in [1.82, 2.24) is 10.2 Å².